The molecule has 1 N–H and O–H groups in total. The maximum Gasteiger partial charge on any atom is 0.133 e. The summed E-state index contributed by atoms with van der Waals surface area (Å²) in [6, 6.07) is 0. The highest BCUT2D eigenvalue weighted by atomic mass is 16.3. The van der Waals surface area contributed by atoms with Gasteiger partial charge in [0.2, 0.25) is 0 Å². The highest BCUT2D eigenvalue weighted by Gasteiger charge is 1.94. The van der Waals surface area contributed by atoms with E-state index >= 15 is 0 Å². The van der Waals surface area contributed by atoms with Crippen LogP contribution in [0.4, 0.5) is 0 Å². The van der Waals surface area contributed by atoms with Crippen molar-refractivity contribution in [2.45, 2.75) is 13.8 Å². The molecule has 0 radical (unpaired) electrons. The molecule has 2 heteroatoms. The topological polar surface area (TPSA) is 32.6 Å². The molecule has 0 fully saturated rings. The van der Waals surface area contributed by atoms with E-state index in [-0.39, 0.29) is 5.76 Å². The van der Waals surface area contributed by atoms with E-state index in [2.05, 4.69) is 11.6 Å². The first-order valence-corrected chi connectivity index (χ1v) is 3.08. The van der Waals surface area contributed by atoms with E-state index < -0.39 is 0 Å². The molecule has 0 saturated carbocycles. The van der Waals surface area contributed by atoms with E-state index in [1.54, 1.807) is 13.1 Å². The van der Waals surface area contributed by atoms with E-state index in [0.29, 0.717) is 5.71 Å². The van der Waals surface area contributed by atoms with E-state index in [1.165, 1.54) is 0 Å². The third-order valence-corrected chi connectivity index (χ3v) is 0.962. The number of nitrogens with zero attached hydrogens (tertiary/aromatic N) is 1. The lowest BCUT2D eigenvalue weighted by molar-refractivity contribution is 0.446. The van der Waals surface area contributed by atoms with Crippen LogP contribution in [-0.4, -0.2) is 17.9 Å². The first-order valence-electron chi connectivity index (χ1n) is 3.08. The molecule has 2 nitrogen and oxygen atoms in total. The Kier molecular flexibility index (Phi) is 3.47. The Hall–Kier alpha value is -1.05. The third-order valence-electron chi connectivity index (χ3n) is 0.962. The lowest BCUT2D eigenvalue weighted by Gasteiger charge is -1.96. The molecule has 0 aromatic carbocycles. The minimum atomic E-state index is 0.0173. The van der Waals surface area contributed by atoms with E-state index in [1.807, 2.05) is 13.8 Å². The van der Waals surface area contributed by atoms with Crippen LogP contribution in [-0.2, 0) is 0 Å². The zero-order chi connectivity index (χ0) is 8.15. The second-order valence-electron chi connectivity index (χ2n) is 2.28. The normalized spacial score (nSPS) is 10.9. The summed E-state index contributed by atoms with van der Waals surface area (Å²) in [4.78, 5) is 3.82. The SMILES string of the molecule is C=C(O)C(C=C(C)C)=NC. The standard InChI is InChI=1S/C8H13NO/c1-6(2)5-8(9-4)7(3)10/h5,10H,3H2,1-2,4H3. The second-order valence-corrected chi connectivity index (χ2v) is 2.28. The summed E-state index contributed by atoms with van der Waals surface area (Å²) in [5.74, 6) is 0.0173. The van der Waals surface area contributed by atoms with Crippen LogP contribution in [0.25, 0.3) is 0 Å². The molecule has 10 heavy (non-hydrogen) atoms. The van der Waals surface area contributed by atoms with Gasteiger partial charge in [0.05, 0.1) is 5.71 Å². The highest BCUT2D eigenvalue weighted by Crippen LogP contribution is 1.96. The minimum Gasteiger partial charge on any atom is -0.506 e. The summed E-state index contributed by atoms with van der Waals surface area (Å²) < 4.78 is 0. The van der Waals surface area contributed by atoms with Gasteiger partial charge >= 0.3 is 0 Å². The van der Waals surface area contributed by atoms with Crippen molar-refractivity contribution in [1.29, 1.82) is 0 Å². The average Bonchev–Trinajstić information content (AvgIpc) is 1.81. The molecule has 0 amide bonds. The van der Waals surface area contributed by atoms with Crippen molar-refractivity contribution in [3.05, 3.63) is 24.0 Å². The molecule has 0 bridgehead atoms. The molecule has 56 valence electrons. The molecule has 0 aliphatic heterocycles. The van der Waals surface area contributed by atoms with Gasteiger partial charge in [-0.3, -0.25) is 4.99 Å². The summed E-state index contributed by atoms with van der Waals surface area (Å²) in [5, 5.41) is 8.89. The number of rotatable bonds is 2. The van der Waals surface area contributed by atoms with Crippen LogP contribution in [0, 0.1) is 0 Å². The monoisotopic (exact) mass is 139 g/mol. The molecule has 0 unspecified atom stereocenters. The van der Waals surface area contributed by atoms with Gasteiger partial charge in [0, 0.05) is 7.05 Å². The summed E-state index contributed by atoms with van der Waals surface area (Å²) >= 11 is 0. The number of allylic oxidation sites excluding steroid dienone is 2. The van der Waals surface area contributed by atoms with Crippen LogP contribution in [0.15, 0.2) is 29.0 Å². The van der Waals surface area contributed by atoms with Crippen molar-refractivity contribution < 1.29 is 5.11 Å². The van der Waals surface area contributed by atoms with Crippen LogP contribution in [0.3, 0.4) is 0 Å². The van der Waals surface area contributed by atoms with E-state index in [4.69, 9.17) is 5.11 Å². The predicted molar refractivity (Wildman–Crippen MR) is 44.6 cm³/mol. The van der Waals surface area contributed by atoms with Gasteiger partial charge < -0.3 is 5.11 Å². The van der Waals surface area contributed by atoms with E-state index in [9.17, 15) is 0 Å². The van der Waals surface area contributed by atoms with Crippen molar-refractivity contribution in [3.8, 4) is 0 Å². The molecule has 0 aromatic rings. The van der Waals surface area contributed by atoms with Gasteiger partial charge in [-0.15, -0.1) is 0 Å². The molecule has 0 aliphatic carbocycles. The first kappa shape index (κ1) is 8.95. The van der Waals surface area contributed by atoms with Gasteiger partial charge in [-0.25, -0.2) is 0 Å². The Morgan fingerprint density at radius 3 is 2.10 bits per heavy atom. The van der Waals surface area contributed by atoms with Crippen LogP contribution in [0.5, 0.6) is 0 Å². The molecule has 0 aliphatic rings. The fourth-order valence-electron chi connectivity index (χ4n) is 0.550. The first-order chi connectivity index (χ1) is 4.57. The summed E-state index contributed by atoms with van der Waals surface area (Å²) in [5.41, 5.74) is 1.64. The van der Waals surface area contributed by atoms with Gasteiger partial charge in [-0.2, -0.15) is 0 Å². The minimum absolute atomic E-state index is 0.0173. The molecule has 0 rings (SSSR count). The quantitative estimate of drug-likeness (QED) is 0.461. The smallest absolute Gasteiger partial charge is 0.133 e. The maximum absolute atomic E-state index is 8.89. The molecular formula is C8H13NO. The molecule has 0 spiro atoms. The summed E-state index contributed by atoms with van der Waals surface area (Å²) in [6.07, 6.45) is 1.78. The Morgan fingerprint density at radius 2 is 2.00 bits per heavy atom. The van der Waals surface area contributed by atoms with Crippen LogP contribution < -0.4 is 0 Å². The van der Waals surface area contributed by atoms with Gasteiger partial charge in [0.25, 0.3) is 0 Å². The van der Waals surface area contributed by atoms with Gasteiger partial charge in [-0.1, -0.05) is 12.2 Å². The fraction of sp³-hybridized carbons (Fsp3) is 0.375. The van der Waals surface area contributed by atoms with Crippen LogP contribution in [0.2, 0.25) is 0 Å². The highest BCUT2D eigenvalue weighted by molar-refractivity contribution is 6.06. The van der Waals surface area contributed by atoms with Crippen molar-refractivity contribution in [1.82, 2.24) is 0 Å². The maximum atomic E-state index is 8.89. The molecule has 0 heterocycles. The molecule has 0 aromatic heterocycles. The van der Waals surface area contributed by atoms with E-state index in [0.717, 1.165) is 5.57 Å². The van der Waals surface area contributed by atoms with Crippen molar-refractivity contribution >= 4 is 5.71 Å². The Morgan fingerprint density at radius 1 is 1.50 bits per heavy atom. The zero-order valence-corrected chi connectivity index (χ0v) is 6.68. The third kappa shape index (κ3) is 3.07. The number of hydrogen-bond donors (Lipinski definition) is 1. The van der Waals surface area contributed by atoms with Crippen molar-refractivity contribution in [3.63, 3.8) is 0 Å². The average molecular weight is 139 g/mol. The molecule has 0 atom stereocenters. The van der Waals surface area contributed by atoms with Crippen LogP contribution in [0.1, 0.15) is 13.8 Å². The lowest BCUT2D eigenvalue weighted by atomic mass is 10.2. The number of hydrogen-bond acceptors (Lipinski definition) is 2. The zero-order valence-electron chi connectivity index (χ0n) is 6.68. The van der Waals surface area contributed by atoms with Gasteiger partial charge in [0.1, 0.15) is 5.76 Å². The van der Waals surface area contributed by atoms with Crippen molar-refractivity contribution in [2.24, 2.45) is 4.99 Å². The largest absolute Gasteiger partial charge is 0.506 e. The number of aliphatic hydroxyl groups excluding tert-OH is 1. The van der Waals surface area contributed by atoms with Crippen molar-refractivity contribution in [2.75, 3.05) is 7.05 Å². The number of aliphatic hydroxyl groups is 1. The second kappa shape index (κ2) is 3.88. The van der Waals surface area contributed by atoms with Crippen LogP contribution >= 0.6 is 0 Å². The molecule has 0 saturated heterocycles. The molecular weight excluding hydrogens is 126 g/mol. The van der Waals surface area contributed by atoms with Gasteiger partial charge in [-0.05, 0) is 19.9 Å². The summed E-state index contributed by atoms with van der Waals surface area (Å²) in [6.45, 7) is 7.24. The number of aliphatic imine (C=N–C) groups is 1. The lowest BCUT2D eigenvalue weighted by Crippen LogP contribution is -1.96. The predicted octanol–water partition coefficient (Wildman–Crippen LogP) is 2.10. The van der Waals surface area contributed by atoms with Gasteiger partial charge in [0.15, 0.2) is 0 Å². The Bertz CT molecular complexity index is 185. The fourth-order valence-corrected chi connectivity index (χ4v) is 0.550. The Labute approximate surface area is 61.6 Å². The Balaban J connectivity index is 4.42. The summed E-state index contributed by atoms with van der Waals surface area (Å²) in [7, 11) is 1.62.